The minimum Gasteiger partial charge on any atom is -0.462 e. The third kappa shape index (κ3) is 8.07. The van der Waals surface area contributed by atoms with Crippen molar-refractivity contribution in [2.45, 2.75) is 36.2 Å². The van der Waals surface area contributed by atoms with Crippen molar-refractivity contribution in [3.8, 4) is 5.75 Å². The highest BCUT2D eigenvalue weighted by atomic mass is 32.3. The van der Waals surface area contributed by atoms with Gasteiger partial charge in [0.1, 0.15) is 5.75 Å². The van der Waals surface area contributed by atoms with Crippen LogP contribution in [-0.2, 0) is 44.4 Å². The lowest BCUT2D eigenvalue weighted by Crippen LogP contribution is -2.63. The Bertz CT molecular complexity index is 1440. The van der Waals surface area contributed by atoms with Crippen LogP contribution in [0.4, 0.5) is 26.3 Å². The summed E-state index contributed by atoms with van der Waals surface area (Å²) in [6.45, 7) is 4.63. The smallest absolute Gasteiger partial charge is 0.450 e. The number of carbonyl (C=O) groups excluding carboxylic acids is 2. The van der Waals surface area contributed by atoms with Gasteiger partial charge in [-0.2, -0.15) is 34.8 Å². The summed E-state index contributed by atoms with van der Waals surface area (Å²) in [7, 11) is -19.4. The number of benzene rings is 1. The number of nitrogens with one attached hydrogen (secondary N) is 1. The molecule has 1 aromatic rings. The van der Waals surface area contributed by atoms with E-state index in [1.54, 1.807) is 0 Å². The molecule has 1 aromatic carbocycles. The highest BCUT2D eigenvalue weighted by molar-refractivity contribution is 8.05. The maximum absolute atomic E-state index is 14.2. The summed E-state index contributed by atoms with van der Waals surface area (Å²) >= 11 is 0. The summed E-state index contributed by atoms with van der Waals surface area (Å²) in [6.07, 6.45) is 0.444. The van der Waals surface area contributed by atoms with E-state index in [2.05, 4.69) is 10.8 Å². The summed E-state index contributed by atoms with van der Waals surface area (Å²) in [4.78, 5) is 23.2. The van der Waals surface area contributed by atoms with E-state index in [1.165, 1.54) is 6.92 Å². The Kier molecular flexibility index (Phi) is 10.8. The molecular weight excluding hydrogens is 628 g/mol. The second kappa shape index (κ2) is 12.3. The highest BCUT2D eigenvalue weighted by Gasteiger charge is 2.83. The van der Waals surface area contributed by atoms with Gasteiger partial charge in [-0.1, -0.05) is 6.58 Å². The lowest BCUT2D eigenvalue weighted by atomic mass is 10.2. The third-order valence-corrected chi connectivity index (χ3v) is 8.61. The van der Waals surface area contributed by atoms with Crippen molar-refractivity contribution in [1.82, 2.24) is 4.13 Å². The van der Waals surface area contributed by atoms with Crippen LogP contribution in [0.5, 0.6) is 5.75 Å². The van der Waals surface area contributed by atoms with Crippen LogP contribution >= 0.6 is 0 Å². The van der Waals surface area contributed by atoms with E-state index in [9.17, 15) is 61.2 Å². The first-order valence-electron chi connectivity index (χ1n) is 10.3. The molecular formula is C19H21F6NO11S3. The molecule has 0 saturated heterocycles. The fourth-order valence-electron chi connectivity index (χ4n) is 2.31. The largest absolute Gasteiger partial charge is 0.462 e. The molecule has 0 aliphatic rings. The predicted molar refractivity (Wildman–Crippen MR) is 123 cm³/mol. The van der Waals surface area contributed by atoms with Crippen molar-refractivity contribution >= 4 is 42.1 Å². The Morgan fingerprint density at radius 3 is 1.77 bits per heavy atom. The Labute approximate surface area is 224 Å². The number of sulfonamides is 2. The van der Waals surface area contributed by atoms with Gasteiger partial charge in [0.05, 0.1) is 25.0 Å². The number of unbranched alkanes of at least 4 members (excludes halogenated alkanes) is 1. The molecule has 0 unspecified atom stereocenters. The zero-order chi connectivity index (χ0) is 31.4. The normalized spacial score (nSPS) is 13.4. The quantitative estimate of drug-likeness (QED) is 0.0969. The van der Waals surface area contributed by atoms with Crippen molar-refractivity contribution in [2.75, 3.05) is 19.5 Å². The molecule has 40 heavy (non-hydrogen) atoms. The maximum Gasteiger partial charge on any atom is 0.450 e. The first-order chi connectivity index (χ1) is 17.9. The van der Waals surface area contributed by atoms with Gasteiger partial charge in [0, 0.05) is 5.57 Å². The molecule has 0 bridgehead atoms. The standard InChI is InChI=1S/C19H21F6NO11S3/c1-12(2)15(27)35-10-4-5-11-36-16(28)13-6-8-14(9-7-13)37-40(33,34)19(24,25)17(20,21)18(22,23)39(31,32)26-38(3,29)30/h6-9,26H,1,4-5,10-11H2,2-3H3. The second-order valence-corrected chi connectivity index (χ2v) is 13.1. The highest BCUT2D eigenvalue weighted by Crippen LogP contribution is 2.51. The third-order valence-electron chi connectivity index (χ3n) is 4.29. The van der Waals surface area contributed by atoms with E-state index in [0.29, 0.717) is 18.6 Å². The minimum atomic E-state index is -7.26. The molecule has 1 N–H and O–H groups in total. The van der Waals surface area contributed by atoms with Gasteiger partial charge in [0.15, 0.2) is 0 Å². The minimum absolute atomic E-state index is 0.000484. The molecule has 1 rings (SSSR count). The van der Waals surface area contributed by atoms with Gasteiger partial charge in [0.25, 0.3) is 10.0 Å². The average Bonchev–Trinajstić information content (AvgIpc) is 2.79. The van der Waals surface area contributed by atoms with Crippen LogP contribution in [0.1, 0.15) is 30.1 Å². The van der Waals surface area contributed by atoms with Crippen LogP contribution < -0.4 is 8.31 Å². The molecule has 0 aromatic heterocycles. The molecule has 0 fully saturated rings. The molecule has 0 spiro atoms. The van der Waals surface area contributed by atoms with Gasteiger partial charge in [-0.25, -0.2) is 26.4 Å². The van der Waals surface area contributed by atoms with Crippen molar-refractivity contribution < 1.29 is 74.8 Å². The SMILES string of the molecule is C=C(C)C(=O)OCCCCOC(=O)c1ccc(OS(=O)(=O)C(F)(F)C(F)(F)C(F)(F)S(=O)(=O)NS(C)(=O)=O)cc1. The molecule has 21 heteroatoms. The van der Waals surface area contributed by atoms with Gasteiger partial charge >= 0.3 is 38.5 Å². The molecule has 0 saturated carbocycles. The Morgan fingerprint density at radius 2 is 1.32 bits per heavy atom. The molecule has 0 aliphatic heterocycles. The van der Waals surface area contributed by atoms with Gasteiger partial charge in [0.2, 0.25) is 10.0 Å². The second-order valence-electron chi connectivity index (χ2n) is 7.79. The molecule has 228 valence electrons. The number of alkyl halides is 6. The number of carbonyl (C=O) groups is 2. The van der Waals surface area contributed by atoms with Crippen molar-refractivity contribution in [3.05, 3.63) is 42.0 Å². The summed E-state index contributed by atoms with van der Waals surface area (Å²) < 4.78 is 166. The molecule has 0 radical (unpaired) electrons. The first-order valence-corrected chi connectivity index (χ1v) is 15.1. The van der Waals surface area contributed by atoms with Crippen LogP contribution in [0, 0.1) is 0 Å². The van der Waals surface area contributed by atoms with Gasteiger partial charge in [-0.15, -0.1) is 4.13 Å². The average molecular weight is 650 g/mol. The Balaban J connectivity index is 2.95. The lowest BCUT2D eigenvalue weighted by Gasteiger charge is -2.30. The zero-order valence-electron chi connectivity index (χ0n) is 20.3. The monoisotopic (exact) mass is 649 g/mol. The number of rotatable bonds is 15. The van der Waals surface area contributed by atoms with Crippen LogP contribution in [-0.4, -0.2) is 73.1 Å². The van der Waals surface area contributed by atoms with Crippen LogP contribution in [0.15, 0.2) is 36.4 Å². The van der Waals surface area contributed by atoms with Crippen molar-refractivity contribution in [2.24, 2.45) is 0 Å². The fourth-order valence-corrected chi connectivity index (χ4v) is 5.77. The Hall–Kier alpha value is -2.91. The molecule has 0 atom stereocenters. The van der Waals surface area contributed by atoms with Crippen molar-refractivity contribution in [1.29, 1.82) is 0 Å². The number of hydrogen-bond donors (Lipinski definition) is 1. The summed E-state index contributed by atoms with van der Waals surface area (Å²) in [5, 5.41) is -13.9. The van der Waals surface area contributed by atoms with E-state index < -0.39 is 64.3 Å². The van der Waals surface area contributed by atoms with E-state index >= 15 is 0 Å². The van der Waals surface area contributed by atoms with E-state index in [0.717, 1.165) is 12.1 Å². The predicted octanol–water partition coefficient (Wildman–Crippen LogP) is 2.15. The molecule has 0 amide bonds. The van der Waals surface area contributed by atoms with E-state index in [-0.39, 0.29) is 41.2 Å². The summed E-state index contributed by atoms with van der Waals surface area (Å²) in [6, 6.07) is 2.43. The summed E-state index contributed by atoms with van der Waals surface area (Å²) in [5.41, 5.74) is -0.142. The van der Waals surface area contributed by atoms with Gasteiger partial charge in [-0.05, 0) is 44.0 Å². The number of halogens is 6. The topological polar surface area (TPSA) is 176 Å². The summed E-state index contributed by atoms with van der Waals surface area (Å²) in [5.74, 6) is -10.1. The molecule has 0 heterocycles. The van der Waals surface area contributed by atoms with Crippen LogP contribution in [0.25, 0.3) is 0 Å². The maximum atomic E-state index is 14.2. The van der Waals surface area contributed by atoms with Gasteiger partial charge in [-0.3, -0.25) is 0 Å². The molecule has 12 nitrogen and oxygen atoms in total. The van der Waals surface area contributed by atoms with E-state index in [1.807, 2.05) is 0 Å². The van der Waals surface area contributed by atoms with Crippen molar-refractivity contribution in [3.63, 3.8) is 0 Å². The van der Waals surface area contributed by atoms with Crippen LogP contribution in [0.3, 0.4) is 0 Å². The number of esters is 2. The number of ether oxygens (including phenoxy) is 2. The van der Waals surface area contributed by atoms with E-state index in [4.69, 9.17) is 9.47 Å². The molecule has 0 aliphatic carbocycles. The first kappa shape index (κ1) is 35.1. The fraction of sp³-hybridized carbons (Fsp3) is 0.474. The van der Waals surface area contributed by atoms with Gasteiger partial charge < -0.3 is 13.7 Å². The zero-order valence-corrected chi connectivity index (χ0v) is 22.8. The lowest BCUT2D eigenvalue weighted by molar-refractivity contribution is -0.245. The Morgan fingerprint density at radius 1 is 0.850 bits per heavy atom. The van der Waals surface area contributed by atoms with Crippen LogP contribution in [0.2, 0.25) is 0 Å². The number of hydrogen-bond acceptors (Lipinski definition) is 11.